The Balaban J connectivity index is 1.49. The van der Waals surface area contributed by atoms with Crippen molar-refractivity contribution in [3.63, 3.8) is 0 Å². The van der Waals surface area contributed by atoms with E-state index in [1.54, 1.807) is 19.0 Å². The molecule has 3 heterocycles. The number of carbonyl (C=O) groups excluding carboxylic acids is 1. The van der Waals surface area contributed by atoms with Crippen LogP contribution in [0.1, 0.15) is 54.9 Å². The summed E-state index contributed by atoms with van der Waals surface area (Å²) in [5, 5.41) is 4.27. The number of nitrogens with zero attached hydrogens (tertiary/aromatic N) is 4. The zero-order chi connectivity index (χ0) is 18.1. The van der Waals surface area contributed by atoms with Crippen molar-refractivity contribution in [1.82, 2.24) is 19.9 Å². The predicted molar refractivity (Wildman–Crippen MR) is 97.6 cm³/mol. The Bertz CT molecular complexity index is 758. The van der Waals surface area contributed by atoms with E-state index in [4.69, 9.17) is 4.52 Å². The highest BCUT2D eigenvalue weighted by Gasteiger charge is 2.46. The molecule has 0 saturated carbocycles. The van der Waals surface area contributed by atoms with Gasteiger partial charge < -0.3 is 9.42 Å². The van der Waals surface area contributed by atoms with Crippen LogP contribution < -0.4 is 0 Å². The van der Waals surface area contributed by atoms with Gasteiger partial charge in [0.05, 0.1) is 0 Å². The van der Waals surface area contributed by atoms with Gasteiger partial charge in [-0.05, 0) is 31.4 Å². The summed E-state index contributed by atoms with van der Waals surface area (Å²) in [5.41, 5.74) is 1.38. The molecular formula is C20H26N4O2. The molecular weight excluding hydrogens is 328 g/mol. The van der Waals surface area contributed by atoms with Crippen LogP contribution in [0.25, 0.3) is 0 Å². The average Bonchev–Trinajstić information content (AvgIpc) is 3.36. The third-order valence-corrected chi connectivity index (χ3v) is 5.74. The van der Waals surface area contributed by atoms with Crippen molar-refractivity contribution in [1.29, 1.82) is 0 Å². The van der Waals surface area contributed by atoms with Gasteiger partial charge in [-0.2, -0.15) is 4.98 Å². The van der Waals surface area contributed by atoms with Crippen molar-refractivity contribution in [3.8, 4) is 0 Å². The third kappa shape index (κ3) is 3.26. The lowest BCUT2D eigenvalue weighted by molar-refractivity contribution is -0.128. The second-order valence-electron chi connectivity index (χ2n) is 7.55. The van der Waals surface area contributed by atoms with Crippen molar-refractivity contribution in [2.24, 2.45) is 0 Å². The monoisotopic (exact) mass is 354 g/mol. The van der Waals surface area contributed by atoms with Crippen LogP contribution in [0.3, 0.4) is 0 Å². The average molecular weight is 354 g/mol. The molecule has 26 heavy (non-hydrogen) atoms. The van der Waals surface area contributed by atoms with Crippen molar-refractivity contribution in [2.45, 2.75) is 50.1 Å². The number of hydrogen-bond donors (Lipinski definition) is 0. The van der Waals surface area contributed by atoms with Gasteiger partial charge in [0, 0.05) is 44.9 Å². The zero-order valence-electron chi connectivity index (χ0n) is 15.5. The van der Waals surface area contributed by atoms with E-state index < -0.39 is 0 Å². The van der Waals surface area contributed by atoms with Gasteiger partial charge in [0.25, 0.3) is 0 Å². The molecule has 2 aliphatic rings. The number of benzene rings is 1. The molecule has 6 nitrogen and oxygen atoms in total. The number of carbonyl (C=O) groups is 1. The normalized spacial score (nSPS) is 25.4. The predicted octanol–water partition coefficient (Wildman–Crippen LogP) is 2.78. The Morgan fingerprint density at radius 2 is 2.12 bits per heavy atom. The molecule has 2 fully saturated rings. The van der Waals surface area contributed by atoms with Crippen LogP contribution in [0.2, 0.25) is 0 Å². The molecule has 0 bridgehead atoms. The molecule has 1 amide bonds. The summed E-state index contributed by atoms with van der Waals surface area (Å²) < 4.78 is 5.45. The molecule has 2 aliphatic heterocycles. The summed E-state index contributed by atoms with van der Waals surface area (Å²) in [6.45, 7) is 1.14. The molecule has 0 N–H and O–H groups in total. The van der Waals surface area contributed by atoms with Gasteiger partial charge in [-0.25, -0.2) is 0 Å². The fourth-order valence-corrected chi connectivity index (χ4v) is 4.40. The maximum atomic E-state index is 11.8. The maximum absolute atomic E-state index is 11.8. The number of aromatic nitrogens is 2. The third-order valence-electron chi connectivity index (χ3n) is 5.74. The summed E-state index contributed by atoms with van der Waals surface area (Å²) in [7, 11) is 3.52. The van der Waals surface area contributed by atoms with Gasteiger partial charge in [-0.1, -0.05) is 35.5 Å². The van der Waals surface area contributed by atoms with Crippen molar-refractivity contribution >= 4 is 5.91 Å². The van der Waals surface area contributed by atoms with Crippen molar-refractivity contribution in [2.75, 3.05) is 20.6 Å². The van der Waals surface area contributed by atoms with E-state index in [2.05, 4.69) is 45.4 Å². The van der Waals surface area contributed by atoms with E-state index >= 15 is 0 Å². The maximum Gasteiger partial charge on any atom is 0.227 e. The topological polar surface area (TPSA) is 62.5 Å². The number of fused-ring (bicyclic) bond motifs is 1. The fraction of sp³-hybridized carbons (Fsp3) is 0.550. The molecule has 6 heteroatoms. The molecule has 1 aromatic carbocycles. The summed E-state index contributed by atoms with van der Waals surface area (Å²) >= 11 is 0. The molecule has 0 aliphatic carbocycles. The molecule has 1 aromatic heterocycles. The summed E-state index contributed by atoms with van der Waals surface area (Å²) in [4.78, 5) is 20.6. The van der Waals surface area contributed by atoms with Crippen molar-refractivity contribution < 1.29 is 9.32 Å². The molecule has 0 spiro atoms. The van der Waals surface area contributed by atoms with E-state index in [1.165, 1.54) is 18.4 Å². The smallest absolute Gasteiger partial charge is 0.227 e. The Morgan fingerprint density at radius 3 is 2.88 bits per heavy atom. The highest BCUT2D eigenvalue weighted by atomic mass is 16.5. The highest BCUT2D eigenvalue weighted by molar-refractivity contribution is 5.75. The van der Waals surface area contributed by atoms with Gasteiger partial charge in [0.2, 0.25) is 11.8 Å². The van der Waals surface area contributed by atoms with E-state index in [-0.39, 0.29) is 5.91 Å². The lowest BCUT2D eigenvalue weighted by atomic mass is 9.94. The first kappa shape index (κ1) is 17.2. The van der Waals surface area contributed by atoms with Crippen LogP contribution in [0.4, 0.5) is 0 Å². The summed E-state index contributed by atoms with van der Waals surface area (Å²) in [5.74, 6) is 1.78. The number of aryl methyl sites for hydroxylation is 1. The minimum atomic E-state index is 0.0803. The van der Waals surface area contributed by atoms with Crippen LogP contribution in [-0.4, -0.2) is 52.5 Å². The molecule has 0 radical (unpaired) electrons. The first-order valence-corrected chi connectivity index (χ1v) is 9.47. The molecule has 138 valence electrons. The van der Waals surface area contributed by atoms with E-state index in [1.807, 2.05) is 0 Å². The lowest BCUT2D eigenvalue weighted by Gasteiger charge is -2.24. The minimum Gasteiger partial charge on any atom is -0.349 e. The van der Waals surface area contributed by atoms with Crippen LogP contribution in [0.15, 0.2) is 34.9 Å². The van der Waals surface area contributed by atoms with Crippen LogP contribution in [0, 0.1) is 0 Å². The SMILES string of the molecule is CN(C)C(=O)CCc1nc([C@H]2C[C@@H](c3ccccc3)N3CCC[C@H]23)no1. The largest absolute Gasteiger partial charge is 0.349 e. The Labute approximate surface area is 154 Å². The first-order chi connectivity index (χ1) is 12.6. The highest BCUT2D eigenvalue weighted by Crippen LogP contribution is 2.48. The van der Waals surface area contributed by atoms with Gasteiger partial charge in [-0.3, -0.25) is 9.69 Å². The van der Waals surface area contributed by atoms with Crippen LogP contribution in [0.5, 0.6) is 0 Å². The van der Waals surface area contributed by atoms with Crippen molar-refractivity contribution in [3.05, 3.63) is 47.6 Å². The minimum absolute atomic E-state index is 0.0803. The van der Waals surface area contributed by atoms with Crippen LogP contribution in [-0.2, 0) is 11.2 Å². The van der Waals surface area contributed by atoms with Gasteiger partial charge in [0.15, 0.2) is 5.82 Å². The molecule has 0 unspecified atom stereocenters. The molecule has 2 aromatic rings. The Hall–Kier alpha value is -2.21. The summed E-state index contributed by atoms with van der Waals surface area (Å²) in [6, 6.07) is 11.7. The van der Waals surface area contributed by atoms with Gasteiger partial charge >= 0.3 is 0 Å². The van der Waals surface area contributed by atoms with E-state index in [0.29, 0.717) is 36.7 Å². The van der Waals surface area contributed by atoms with E-state index in [0.717, 1.165) is 18.8 Å². The lowest BCUT2D eigenvalue weighted by Crippen LogP contribution is -2.27. The first-order valence-electron chi connectivity index (χ1n) is 9.47. The Morgan fingerprint density at radius 1 is 1.31 bits per heavy atom. The van der Waals surface area contributed by atoms with Gasteiger partial charge in [0.1, 0.15) is 0 Å². The number of hydrogen-bond acceptors (Lipinski definition) is 5. The zero-order valence-corrected chi connectivity index (χ0v) is 15.5. The van der Waals surface area contributed by atoms with Crippen LogP contribution >= 0.6 is 0 Å². The number of rotatable bonds is 5. The summed E-state index contributed by atoms with van der Waals surface area (Å²) in [6.07, 6.45) is 4.36. The fourth-order valence-electron chi connectivity index (χ4n) is 4.40. The standard InChI is InChI=1S/C20H26N4O2/c1-23(2)19(25)11-10-18-21-20(22-26-18)15-13-17(14-7-4-3-5-8-14)24-12-6-9-16(15)24/h3-5,7-8,15-17H,6,9-13H2,1-2H3/t15-,16+,17-/m0/s1. The second-order valence-corrected chi connectivity index (χ2v) is 7.55. The quantitative estimate of drug-likeness (QED) is 0.826. The molecule has 3 atom stereocenters. The Kier molecular flexibility index (Phi) is 4.76. The second kappa shape index (κ2) is 7.19. The van der Waals surface area contributed by atoms with E-state index in [9.17, 15) is 4.79 Å². The molecule has 4 rings (SSSR count). The van der Waals surface area contributed by atoms with Gasteiger partial charge in [-0.15, -0.1) is 0 Å². The molecule has 2 saturated heterocycles. The number of amides is 1.